The van der Waals surface area contributed by atoms with E-state index in [4.69, 9.17) is 0 Å². The molecule has 0 bridgehead atoms. The number of amides is 1. The fourth-order valence-electron chi connectivity index (χ4n) is 4.20. The summed E-state index contributed by atoms with van der Waals surface area (Å²) in [4.78, 5) is 15.1. The van der Waals surface area contributed by atoms with E-state index in [1.165, 1.54) is 43.3 Å². The van der Waals surface area contributed by atoms with Gasteiger partial charge in [0.1, 0.15) is 11.5 Å². The Morgan fingerprint density at radius 1 is 1.27 bits per heavy atom. The van der Waals surface area contributed by atoms with E-state index in [0.29, 0.717) is 11.6 Å². The maximum absolute atomic E-state index is 13.6. The molecule has 2 heterocycles. The Morgan fingerprint density at radius 3 is 2.83 bits per heavy atom. The van der Waals surface area contributed by atoms with Gasteiger partial charge >= 0.3 is 0 Å². The Morgan fingerprint density at radius 2 is 2.10 bits per heavy atom. The van der Waals surface area contributed by atoms with E-state index in [2.05, 4.69) is 37.4 Å². The molecule has 4 nitrogen and oxygen atoms in total. The molecule has 1 amide bonds. The average Bonchev–Trinajstić information content (AvgIpc) is 3.16. The van der Waals surface area contributed by atoms with Gasteiger partial charge in [-0.05, 0) is 82.8 Å². The number of rotatable bonds is 10. The first-order valence-electron chi connectivity index (χ1n) is 11.0. The molecule has 0 radical (unpaired) electrons. The lowest BCUT2D eigenvalue weighted by Gasteiger charge is -2.40. The lowest BCUT2D eigenvalue weighted by atomic mass is 9.89. The molecule has 0 spiro atoms. The van der Waals surface area contributed by atoms with Crippen molar-refractivity contribution in [1.82, 2.24) is 14.6 Å². The third-order valence-electron chi connectivity index (χ3n) is 5.76. The number of carbonyl (C=O) groups excluding carboxylic acids is 1. The van der Waals surface area contributed by atoms with E-state index < -0.39 is 0 Å². The van der Waals surface area contributed by atoms with E-state index in [1.807, 2.05) is 6.07 Å². The van der Waals surface area contributed by atoms with Gasteiger partial charge in [-0.3, -0.25) is 9.69 Å². The summed E-state index contributed by atoms with van der Waals surface area (Å²) in [5, 5.41) is 3.19. The van der Waals surface area contributed by atoms with Crippen LogP contribution in [-0.4, -0.2) is 34.4 Å². The highest BCUT2D eigenvalue weighted by Crippen LogP contribution is 2.26. The summed E-state index contributed by atoms with van der Waals surface area (Å²) in [7, 11) is 0. The highest BCUT2D eigenvalue weighted by atomic mass is 79.9. The first-order chi connectivity index (χ1) is 14.5. The second-order valence-corrected chi connectivity index (χ2v) is 10.4. The second kappa shape index (κ2) is 11.9. The van der Waals surface area contributed by atoms with Crippen LogP contribution in [-0.2, 0) is 6.42 Å². The van der Waals surface area contributed by atoms with Gasteiger partial charge in [0.15, 0.2) is 0 Å². The summed E-state index contributed by atoms with van der Waals surface area (Å²) in [5.74, 6) is 0.196. The van der Waals surface area contributed by atoms with Crippen LogP contribution in [0.5, 0.6) is 0 Å². The van der Waals surface area contributed by atoms with E-state index in [0.717, 1.165) is 48.1 Å². The van der Waals surface area contributed by atoms with Gasteiger partial charge in [-0.25, -0.2) is 4.39 Å². The van der Waals surface area contributed by atoms with E-state index >= 15 is 0 Å². The molecule has 30 heavy (non-hydrogen) atoms. The van der Waals surface area contributed by atoms with Gasteiger partial charge in [0, 0.05) is 13.1 Å². The average molecular weight is 496 g/mol. The molecule has 1 aliphatic rings. The third-order valence-corrected chi connectivity index (χ3v) is 7.00. The van der Waals surface area contributed by atoms with E-state index in [9.17, 15) is 9.18 Å². The summed E-state index contributed by atoms with van der Waals surface area (Å²) >= 11 is 4.66. The van der Waals surface area contributed by atoms with Crippen LogP contribution in [0.1, 0.15) is 67.9 Å². The molecule has 0 saturated carbocycles. The number of nitrogens with zero attached hydrogens (tertiary/aromatic N) is 2. The molecular formula is C23H31BrFN3OS. The molecule has 0 aliphatic carbocycles. The summed E-state index contributed by atoms with van der Waals surface area (Å²) < 4.78 is 18.6. The number of hydrogen-bond donors (Lipinski definition) is 1. The molecule has 1 aromatic heterocycles. The quantitative estimate of drug-likeness (QED) is 0.409. The second-order valence-electron chi connectivity index (χ2n) is 8.19. The molecule has 2 atom stereocenters. The van der Waals surface area contributed by atoms with E-state index in [-0.39, 0.29) is 17.9 Å². The Bertz CT molecular complexity index is 815. The van der Waals surface area contributed by atoms with Gasteiger partial charge in [0.2, 0.25) is 0 Å². The summed E-state index contributed by atoms with van der Waals surface area (Å²) in [5.41, 5.74) is 1.52. The van der Waals surface area contributed by atoms with Crippen molar-refractivity contribution in [3.63, 3.8) is 0 Å². The highest BCUT2D eigenvalue weighted by molar-refractivity contribution is 9.11. The Kier molecular flexibility index (Phi) is 9.27. The number of unbranched alkanes of at least 4 members (excludes halogenated alkanes) is 4. The van der Waals surface area contributed by atoms with Crippen molar-refractivity contribution in [1.29, 1.82) is 0 Å². The van der Waals surface area contributed by atoms with Gasteiger partial charge in [0.05, 0.1) is 9.95 Å². The minimum atomic E-state index is -0.171. The largest absolute Gasteiger partial charge is 0.335 e. The van der Waals surface area contributed by atoms with Crippen molar-refractivity contribution in [3.05, 3.63) is 51.2 Å². The number of halogens is 2. The molecule has 164 valence electrons. The lowest BCUT2D eigenvalue weighted by molar-refractivity contribution is 0.0645. The Hall–Kier alpha value is -1.31. The summed E-state index contributed by atoms with van der Waals surface area (Å²) in [6.07, 6.45) is 8.99. The van der Waals surface area contributed by atoms with Gasteiger partial charge in [-0.1, -0.05) is 44.7 Å². The lowest BCUT2D eigenvalue weighted by Crippen LogP contribution is -2.53. The molecule has 2 aromatic rings. The molecule has 2 unspecified atom stereocenters. The Balaban J connectivity index is 1.60. The fraction of sp³-hybridized carbons (Fsp3) is 0.565. The number of hydrogen-bond acceptors (Lipinski definition) is 4. The van der Waals surface area contributed by atoms with Crippen molar-refractivity contribution >= 4 is 33.4 Å². The molecule has 1 N–H and O–H groups in total. The predicted molar refractivity (Wildman–Crippen MR) is 124 cm³/mol. The molecule has 1 aromatic carbocycles. The van der Waals surface area contributed by atoms with Crippen LogP contribution >= 0.6 is 27.5 Å². The number of likely N-dealkylation sites (tertiary alicyclic amines) is 1. The first-order valence-corrected chi connectivity index (χ1v) is 12.5. The topological polar surface area (TPSA) is 45.2 Å². The third kappa shape index (κ3) is 7.13. The number of piperidine rings is 1. The van der Waals surface area contributed by atoms with Crippen molar-refractivity contribution < 1.29 is 9.18 Å². The monoisotopic (exact) mass is 495 g/mol. The molecule has 1 aliphatic heterocycles. The number of aromatic nitrogens is 1. The van der Waals surface area contributed by atoms with Crippen LogP contribution in [0.4, 0.5) is 4.39 Å². The van der Waals surface area contributed by atoms with Crippen LogP contribution in [0.2, 0.25) is 0 Å². The van der Waals surface area contributed by atoms with Crippen molar-refractivity contribution in [2.24, 2.45) is 5.92 Å². The summed E-state index contributed by atoms with van der Waals surface area (Å²) in [6.45, 7) is 4.13. The standard InChI is InChI=1S/C23H31BrFN3OS/c1-2-3-4-5-6-12-28-16-18(13-17-8-7-9-19(25)14-17)10-11-22(28)26-23(29)20-15-21(24)30-27-20/h7-9,14-15,18,22H,2-6,10-13,16H2,1H3,(H,26,29). The van der Waals surface area contributed by atoms with Crippen LogP contribution in [0.3, 0.4) is 0 Å². The summed E-state index contributed by atoms with van der Waals surface area (Å²) in [6, 6.07) is 8.70. The molecule has 1 saturated heterocycles. The zero-order valence-corrected chi connectivity index (χ0v) is 20.0. The van der Waals surface area contributed by atoms with Crippen molar-refractivity contribution in [2.75, 3.05) is 13.1 Å². The number of carbonyl (C=O) groups is 1. The first kappa shape index (κ1) is 23.4. The van der Waals surface area contributed by atoms with Crippen LogP contribution < -0.4 is 5.32 Å². The minimum Gasteiger partial charge on any atom is -0.335 e. The highest BCUT2D eigenvalue weighted by Gasteiger charge is 2.29. The van der Waals surface area contributed by atoms with Gasteiger partial charge in [0.25, 0.3) is 5.91 Å². The normalized spacial score (nSPS) is 19.7. The number of benzene rings is 1. The number of nitrogens with one attached hydrogen (secondary N) is 1. The SMILES string of the molecule is CCCCCCCN1CC(Cc2cccc(F)c2)CCC1NC(=O)c1cc(Br)sn1. The molecular weight excluding hydrogens is 465 g/mol. The predicted octanol–water partition coefficient (Wildman–Crippen LogP) is 6.03. The Labute approximate surface area is 191 Å². The zero-order valence-electron chi connectivity index (χ0n) is 17.6. The van der Waals surface area contributed by atoms with Crippen LogP contribution in [0.15, 0.2) is 34.1 Å². The van der Waals surface area contributed by atoms with E-state index in [1.54, 1.807) is 18.2 Å². The maximum Gasteiger partial charge on any atom is 0.272 e. The van der Waals surface area contributed by atoms with Crippen LogP contribution in [0.25, 0.3) is 0 Å². The van der Waals surface area contributed by atoms with Gasteiger partial charge < -0.3 is 5.32 Å². The molecule has 1 fully saturated rings. The minimum absolute atomic E-state index is 0.0351. The van der Waals surface area contributed by atoms with Crippen LogP contribution in [0, 0.1) is 11.7 Å². The van der Waals surface area contributed by atoms with Crippen molar-refractivity contribution in [2.45, 2.75) is 64.5 Å². The van der Waals surface area contributed by atoms with Crippen molar-refractivity contribution in [3.8, 4) is 0 Å². The smallest absolute Gasteiger partial charge is 0.272 e. The fourth-order valence-corrected chi connectivity index (χ4v) is 5.12. The zero-order chi connectivity index (χ0) is 21.3. The maximum atomic E-state index is 13.6. The molecule has 7 heteroatoms. The van der Waals surface area contributed by atoms with Gasteiger partial charge in [-0.2, -0.15) is 4.37 Å². The molecule has 3 rings (SSSR count). The van der Waals surface area contributed by atoms with Gasteiger partial charge in [-0.15, -0.1) is 0 Å².